The van der Waals surface area contributed by atoms with Crippen LogP contribution in [0.1, 0.15) is 35.4 Å². The number of ether oxygens (including phenoxy) is 2. The molecule has 2 aromatic rings. The number of piperazine rings is 1. The highest BCUT2D eigenvalue weighted by molar-refractivity contribution is 14.0. The van der Waals surface area contributed by atoms with Crippen molar-refractivity contribution in [3.63, 3.8) is 0 Å². The largest absolute Gasteiger partial charge is 0.381 e. The number of nitrogens with zero attached hydrogens (tertiary/aromatic N) is 4. The first kappa shape index (κ1) is 25.9. The molecule has 9 heteroatoms. The van der Waals surface area contributed by atoms with Crippen LogP contribution in [-0.4, -0.2) is 73.5 Å². The molecule has 182 valence electrons. The Hall–Kier alpha value is -1.69. The summed E-state index contributed by atoms with van der Waals surface area (Å²) in [6.07, 6.45) is 2.32. The summed E-state index contributed by atoms with van der Waals surface area (Å²) in [7, 11) is 1.85. The minimum absolute atomic E-state index is 0. The number of benzene rings is 1. The first-order valence-electron chi connectivity index (χ1n) is 11.6. The average Bonchev–Trinajstić information content (AvgIpc) is 3.25. The molecule has 0 aliphatic carbocycles. The van der Waals surface area contributed by atoms with Gasteiger partial charge in [0.2, 0.25) is 0 Å². The van der Waals surface area contributed by atoms with E-state index >= 15 is 0 Å². The Labute approximate surface area is 213 Å². The Balaban J connectivity index is 0.00000306. The van der Waals surface area contributed by atoms with Crippen molar-refractivity contribution in [2.75, 3.05) is 46.4 Å². The number of aromatic nitrogens is 1. The molecule has 0 radical (unpaired) electrons. The van der Waals surface area contributed by atoms with Gasteiger partial charge in [-0.1, -0.05) is 29.4 Å². The van der Waals surface area contributed by atoms with E-state index in [1.807, 2.05) is 20.0 Å². The summed E-state index contributed by atoms with van der Waals surface area (Å²) in [6, 6.07) is 10.7. The van der Waals surface area contributed by atoms with E-state index in [2.05, 4.69) is 49.5 Å². The molecule has 33 heavy (non-hydrogen) atoms. The van der Waals surface area contributed by atoms with Crippen molar-refractivity contribution in [3.8, 4) is 0 Å². The zero-order valence-corrected chi connectivity index (χ0v) is 22.0. The van der Waals surface area contributed by atoms with Crippen LogP contribution in [0.3, 0.4) is 0 Å². The van der Waals surface area contributed by atoms with Gasteiger partial charge in [0.15, 0.2) is 5.96 Å². The fraction of sp³-hybridized carbons (Fsp3) is 0.583. The van der Waals surface area contributed by atoms with Gasteiger partial charge in [-0.05, 0) is 30.9 Å². The van der Waals surface area contributed by atoms with Gasteiger partial charge in [0.1, 0.15) is 5.76 Å². The molecule has 1 aromatic carbocycles. The van der Waals surface area contributed by atoms with Gasteiger partial charge in [0, 0.05) is 65.6 Å². The second kappa shape index (κ2) is 13.3. The molecule has 8 nitrogen and oxygen atoms in total. The van der Waals surface area contributed by atoms with Crippen LogP contribution >= 0.6 is 24.0 Å². The van der Waals surface area contributed by atoms with Crippen molar-refractivity contribution in [3.05, 3.63) is 52.9 Å². The van der Waals surface area contributed by atoms with E-state index in [1.165, 1.54) is 11.1 Å². The van der Waals surface area contributed by atoms with E-state index in [-0.39, 0.29) is 24.0 Å². The van der Waals surface area contributed by atoms with Crippen molar-refractivity contribution in [1.82, 2.24) is 20.3 Å². The predicted molar refractivity (Wildman–Crippen MR) is 139 cm³/mol. The highest BCUT2D eigenvalue weighted by Crippen LogP contribution is 2.14. The zero-order chi connectivity index (χ0) is 22.2. The predicted octanol–water partition coefficient (Wildman–Crippen LogP) is 3.19. The molecule has 1 aromatic heterocycles. The fourth-order valence-electron chi connectivity index (χ4n) is 4.16. The summed E-state index contributed by atoms with van der Waals surface area (Å²) in [5.74, 6) is 1.82. The molecule has 0 amide bonds. The van der Waals surface area contributed by atoms with Crippen molar-refractivity contribution >= 4 is 29.9 Å². The van der Waals surface area contributed by atoms with Crippen molar-refractivity contribution in [1.29, 1.82) is 0 Å². The third kappa shape index (κ3) is 7.94. The molecule has 2 fully saturated rings. The van der Waals surface area contributed by atoms with Crippen molar-refractivity contribution < 1.29 is 14.0 Å². The molecule has 2 aliphatic heterocycles. The molecule has 0 spiro atoms. The third-order valence-corrected chi connectivity index (χ3v) is 6.07. The van der Waals surface area contributed by atoms with Crippen molar-refractivity contribution in [2.24, 2.45) is 4.99 Å². The van der Waals surface area contributed by atoms with E-state index < -0.39 is 0 Å². The number of halogens is 1. The maximum Gasteiger partial charge on any atom is 0.194 e. The Morgan fingerprint density at radius 3 is 2.45 bits per heavy atom. The lowest BCUT2D eigenvalue weighted by molar-refractivity contribution is -0.0390. The standard InChI is InChI=1S/C24H35N5O3.HI/c1-19-15-22(27-32-19)17-28-9-11-29(12-10-28)24(25-2)26-16-20-3-5-21(6-4-20)18-31-23-7-13-30-14-8-23;/h3-6,15,23H,7-14,16-18H2,1-2H3,(H,25,26);1H. The second-order valence-electron chi connectivity index (χ2n) is 8.53. The van der Waals surface area contributed by atoms with Crippen LogP contribution in [0.5, 0.6) is 0 Å². The van der Waals surface area contributed by atoms with Crippen LogP contribution in [0.25, 0.3) is 0 Å². The Morgan fingerprint density at radius 2 is 1.82 bits per heavy atom. The lowest BCUT2D eigenvalue weighted by Crippen LogP contribution is -2.52. The van der Waals surface area contributed by atoms with Crippen LogP contribution in [0.4, 0.5) is 0 Å². The monoisotopic (exact) mass is 569 g/mol. The third-order valence-electron chi connectivity index (χ3n) is 6.07. The maximum atomic E-state index is 6.02. The number of aliphatic imine (C=N–C) groups is 1. The van der Waals surface area contributed by atoms with Gasteiger partial charge in [-0.15, -0.1) is 24.0 Å². The van der Waals surface area contributed by atoms with Gasteiger partial charge in [-0.2, -0.15) is 0 Å². The Morgan fingerprint density at radius 1 is 1.12 bits per heavy atom. The topological polar surface area (TPSA) is 75.4 Å². The van der Waals surface area contributed by atoms with E-state index in [1.54, 1.807) is 0 Å². The molecule has 0 unspecified atom stereocenters. The molecular weight excluding hydrogens is 533 g/mol. The molecule has 1 N–H and O–H groups in total. The molecular formula is C24H36IN5O3. The lowest BCUT2D eigenvalue weighted by atomic mass is 10.1. The maximum absolute atomic E-state index is 6.02. The zero-order valence-electron chi connectivity index (χ0n) is 19.7. The molecule has 3 heterocycles. The highest BCUT2D eigenvalue weighted by atomic mass is 127. The van der Waals surface area contributed by atoms with Crippen LogP contribution in [0, 0.1) is 6.92 Å². The number of hydrogen-bond acceptors (Lipinski definition) is 6. The van der Waals surface area contributed by atoms with E-state index in [0.717, 1.165) is 82.7 Å². The molecule has 0 atom stereocenters. The minimum Gasteiger partial charge on any atom is -0.381 e. The number of hydrogen-bond donors (Lipinski definition) is 1. The molecule has 2 aliphatic rings. The first-order valence-corrected chi connectivity index (χ1v) is 11.6. The van der Waals surface area contributed by atoms with Gasteiger partial charge in [-0.3, -0.25) is 9.89 Å². The normalized spacial score (nSPS) is 18.2. The smallest absolute Gasteiger partial charge is 0.194 e. The van der Waals surface area contributed by atoms with E-state index in [4.69, 9.17) is 14.0 Å². The van der Waals surface area contributed by atoms with Crippen LogP contribution in [0.15, 0.2) is 39.8 Å². The summed E-state index contributed by atoms with van der Waals surface area (Å²) in [5, 5.41) is 7.62. The number of nitrogens with one attached hydrogen (secondary N) is 1. The lowest BCUT2D eigenvalue weighted by Gasteiger charge is -2.36. The van der Waals surface area contributed by atoms with E-state index in [0.29, 0.717) is 12.7 Å². The second-order valence-corrected chi connectivity index (χ2v) is 8.53. The molecule has 0 saturated carbocycles. The van der Waals surface area contributed by atoms with Gasteiger partial charge in [0.05, 0.1) is 18.4 Å². The van der Waals surface area contributed by atoms with Gasteiger partial charge >= 0.3 is 0 Å². The van der Waals surface area contributed by atoms with E-state index in [9.17, 15) is 0 Å². The van der Waals surface area contributed by atoms with Gasteiger partial charge < -0.3 is 24.2 Å². The average molecular weight is 569 g/mol. The molecule has 4 rings (SSSR count). The Bertz CT molecular complexity index is 859. The quantitative estimate of drug-likeness (QED) is 0.312. The van der Waals surface area contributed by atoms with Gasteiger partial charge in [-0.25, -0.2) is 0 Å². The van der Waals surface area contributed by atoms with Crippen LogP contribution in [-0.2, 0) is 29.2 Å². The summed E-state index contributed by atoms with van der Waals surface area (Å²) < 4.78 is 16.6. The van der Waals surface area contributed by atoms with Gasteiger partial charge in [0.25, 0.3) is 0 Å². The number of guanidine groups is 1. The molecule has 2 saturated heterocycles. The summed E-state index contributed by atoms with van der Waals surface area (Å²) in [4.78, 5) is 9.22. The SMILES string of the molecule is CN=C(NCc1ccc(COC2CCOCC2)cc1)N1CCN(Cc2cc(C)on2)CC1.I. The number of rotatable bonds is 7. The number of aryl methyl sites for hydroxylation is 1. The Kier molecular flexibility index (Phi) is 10.4. The summed E-state index contributed by atoms with van der Waals surface area (Å²) in [6.45, 7) is 9.66. The minimum atomic E-state index is 0. The summed E-state index contributed by atoms with van der Waals surface area (Å²) in [5.41, 5.74) is 3.45. The van der Waals surface area contributed by atoms with Crippen LogP contribution in [0.2, 0.25) is 0 Å². The van der Waals surface area contributed by atoms with Crippen molar-refractivity contribution in [2.45, 2.75) is 45.6 Å². The van der Waals surface area contributed by atoms with Crippen LogP contribution < -0.4 is 5.32 Å². The molecule has 0 bridgehead atoms. The summed E-state index contributed by atoms with van der Waals surface area (Å²) >= 11 is 0. The fourth-order valence-corrected chi connectivity index (χ4v) is 4.16. The highest BCUT2D eigenvalue weighted by Gasteiger charge is 2.20. The first-order chi connectivity index (χ1) is 15.7.